The van der Waals surface area contributed by atoms with Crippen molar-refractivity contribution in [3.63, 3.8) is 0 Å². The van der Waals surface area contributed by atoms with Crippen LogP contribution in [-0.4, -0.2) is 9.97 Å². The summed E-state index contributed by atoms with van der Waals surface area (Å²) in [4.78, 5) is 7.83. The molecule has 0 aliphatic heterocycles. The van der Waals surface area contributed by atoms with E-state index in [1.165, 1.54) is 0 Å². The highest BCUT2D eigenvalue weighted by Crippen LogP contribution is 2.37. The lowest BCUT2D eigenvalue weighted by atomic mass is 9.95. The van der Waals surface area contributed by atoms with Gasteiger partial charge in [-0.15, -0.1) is 0 Å². The maximum Gasteiger partial charge on any atom is 0.149 e. The van der Waals surface area contributed by atoms with Gasteiger partial charge in [-0.05, 0) is 34.5 Å². The van der Waals surface area contributed by atoms with Gasteiger partial charge in [-0.2, -0.15) is 5.26 Å². The van der Waals surface area contributed by atoms with Gasteiger partial charge in [-0.1, -0.05) is 72.3 Å². The minimum absolute atomic E-state index is 0.480. The fraction of sp³-hybridized carbons (Fsp3) is 0. The van der Waals surface area contributed by atoms with E-state index in [4.69, 9.17) is 11.6 Å². The zero-order valence-electron chi connectivity index (χ0n) is 14.8. The second-order valence-electron chi connectivity index (χ2n) is 6.59. The highest BCUT2D eigenvalue weighted by Gasteiger charge is 2.13. The van der Waals surface area contributed by atoms with E-state index in [0.29, 0.717) is 11.4 Å². The number of nitrogens with one attached hydrogen (secondary N) is 1. The summed E-state index contributed by atoms with van der Waals surface area (Å²) >= 11 is 6.68. The number of imidazole rings is 1. The van der Waals surface area contributed by atoms with Crippen LogP contribution in [-0.2, 0) is 0 Å². The van der Waals surface area contributed by atoms with Crippen molar-refractivity contribution in [1.29, 1.82) is 5.26 Å². The largest absolute Gasteiger partial charge is 0.337 e. The first-order valence-corrected chi connectivity index (χ1v) is 9.30. The second kappa shape index (κ2) is 6.53. The molecular formula is C24H14ClN3. The third kappa shape index (κ3) is 2.55. The quantitative estimate of drug-likeness (QED) is 0.278. The summed E-state index contributed by atoms with van der Waals surface area (Å²) in [5, 5.41) is 14.5. The van der Waals surface area contributed by atoms with Gasteiger partial charge in [0.15, 0.2) is 0 Å². The summed E-state index contributed by atoms with van der Waals surface area (Å²) in [5.74, 6) is 0.562. The van der Waals surface area contributed by atoms with Crippen LogP contribution in [0.3, 0.4) is 0 Å². The Kier molecular flexibility index (Phi) is 3.86. The number of halogens is 1. The van der Waals surface area contributed by atoms with Crippen LogP contribution >= 0.6 is 11.6 Å². The average molecular weight is 380 g/mol. The molecule has 1 N–H and O–H groups in total. The number of H-pyrrole nitrogens is 1. The number of rotatable bonds is 2. The number of aromatic amines is 1. The molecule has 0 radical (unpaired) electrons. The standard InChI is InChI=1S/C24H14ClN3/c25-23-18-9-3-1-7-16(18)20(17-8-2-4-10-19(17)23)13-15(14-26)24-27-21-11-5-6-12-22(21)28-24/h1-13H,(H,27,28)/b15-13+. The molecule has 1 aromatic heterocycles. The first-order valence-electron chi connectivity index (χ1n) is 8.92. The Labute approximate surface area is 166 Å². The third-order valence-electron chi connectivity index (χ3n) is 4.96. The van der Waals surface area contributed by atoms with Gasteiger partial charge in [0.2, 0.25) is 0 Å². The third-order valence-corrected chi connectivity index (χ3v) is 5.37. The van der Waals surface area contributed by atoms with E-state index in [9.17, 15) is 5.26 Å². The van der Waals surface area contributed by atoms with E-state index in [1.54, 1.807) is 0 Å². The molecule has 0 aliphatic carbocycles. The normalized spacial score (nSPS) is 11.9. The van der Waals surface area contributed by atoms with Crippen molar-refractivity contribution in [3.8, 4) is 6.07 Å². The van der Waals surface area contributed by atoms with Crippen LogP contribution in [0.4, 0.5) is 0 Å². The highest BCUT2D eigenvalue weighted by atomic mass is 35.5. The van der Waals surface area contributed by atoms with Crippen molar-refractivity contribution in [2.24, 2.45) is 0 Å². The summed E-state index contributed by atoms with van der Waals surface area (Å²) in [6, 6.07) is 26.1. The predicted octanol–water partition coefficient (Wildman–Crippen LogP) is 6.59. The Balaban J connectivity index is 1.84. The second-order valence-corrected chi connectivity index (χ2v) is 6.97. The van der Waals surface area contributed by atoms with E-state index in [1.807, 2.05) is 78.9 Å². The van der Waals surface area contributed by atoms with Crippen LogP contribution < -0.4 is 0 Å². The Morgan fingerprint density at radius 2 is 1.43 bits per heavy atom. The van der Waals surface area contributed by atoms with Crippen LogP contribution in [0.25, 0.3) is 44.2 Å². The molecule has 0 aliphatic rings. The lowest BCUT2D eigenvalue weighted by Crippen LogP contribution is -1.89. The van der Waals surface area contributed by atoms with Gasteiger partial charge in [0, 0.05) is 10.8 Å². The summed E-state index contributed by atoms with van der Waals surface area (Å²) in [5.41, 5.74) is 3.19. The summed E-state index contributed by atoms with van der Waals surface area (Å²) in [6.07, 6.45) is 1.90. The van der Waals surface area contributed by atoms with Gasteiger partial charge in [-0.25, -0.2) is 4.98 Å². The topological polar surface area (TPSA) is 52.5 Å². The van der Waals surface area contributed by atoms with Gasteiger partial charge in [0.25, 0.3) is 0 Å². The van der Waals surface area contributed by atoms with E-state index >= 15 is 0 Å². The van der Waals surface area contributed by atoms with Gasteiger partial charge in [0.05, 0.1) is 21.6 Å². The van der Waals surface area contributed by atoms with Crippen LogP contribution in [0.15, 0.2) is 72.8 Å². The van der Waals surface area contributed by atoms with Gasteiger partial charge in [-0.3, -0.25) is 0 Å². The molecule has 3 nitrogen and oxygen atoms in total. The monoisotopic (exact) mass is 379 g/mol. The number of nitrogens with zero attached hydrogens (tertiary/aromatic N) is 2. The number of para-hydroxylation sites is 2. The van der Waals surface area contributed by atoms with Crippen molar-refractivity contribution in [3.05, 3.63) is 89.2 Å². The number of aromatic nitrogens is 2. The average Bonchev–Trinajstić information content (AvgIpc) is 3.18. The van der Waals surface area contributed by atoms with E-state index in [-0.39, 0.29) is 0 Å². The van der Waals surface area contributed by atoms with Crippen molar-refractivity contribution >= 4 is 55.8 Å². The number of benzene rings is 4. The van der Waals surface area contributed by atoms with E-state index in [2.05, 4.69) is 16.0 Å². The van der Waals surface area contributed by atoms with Crippen molar-refractivity contribution in [2.45, 2.75) is 0 Å². The summed E-state index contributed by atoms with van der Waals surface area (Å²) in [7, 11) is 0. The van der Waals surface area contributed by atoms with Crippen LogP contribution in [0.5, 0.6) is 0 Å². The van der Waals surface area contributed by atoms with Crippen molar-refractivity contribution in [2.75, 3.05) is 0 Å². The van der Waals surface area contributed by atoms with Gasteiger partial charge < -0.3 is 4.98 Å². The molecule has 0 atom stereocenters. The maximum absolute atomic E-state index is 9.86. The number of fused-ring (bicyclic) bond motifs is 3. The molecule has 5 rings (SSSR count). The molecule has 0 bridgehead atoms. The van der Waals surface area contributed by atoms with Crippen LogP contribution in [0.1, 0.15) is 11.4 Å². The van der Waals surface area contributed by atoms with Crippen LogP contribution in [0, 0.1) is 11.3 Å². The molecule has 132 valence electrons. The fourth-order valence-corrected chi connectivity index (χ4v) is 3.97. The Morgan fingerprint density at radius 1 is 0.857 bits per heavy atom. The van der Waals surface area contributed by atoms with Gasteiger partial charge in [0.1, 0.15) is 11.9 Å². The highest BCUT2D eigenvalue weighted by molar-refractivity contribution is 6.41. The molecule has 0 fully saturated rings. The number of hydrogen-bond acceptors (Lipinski definition) is 2. The molecular weight excluding hydrogens is 366 g/mol. The first kappa shape index (κ1) is 16.6. The molecule has 0 unspecified atom stereocenters. The predicted molar refractivity (Wildman–Crippen MR) is 116 cm³/mol. The smallest absolute Gasteiger partial charge is 0.149 e. The number of nitriles is 1. The SMILES string of the molecule is N#C/C(=C\c1c2ccccc2c(Cl)c2ccccc12)c1nc2ccccc2[nH]1. The Morgan fingerprint density at radius 3 is 2.04 bits per heavy atom. The van der Waals surface area contributed by atoms with Crippen molar-refractivity contribution in [1.82, 2.24) is 9.97 Å². The molecule has 0 saturated heterocycles. The van der Waals surface area contributed by atoms with Crippen LogP contribution in [0.2, 0.25) is 5.02 Å². The van der Waals surface area contributed by atoms with Crippen molar-refractivity contribution < 1.29 is 0 Å². The zero-order chi connectivity index (χ0) is 19.1. The number of hydrogen-bond donors (Lipinski definition) is 1. The molecule has 0 saturated carbocycles. The summed E-state index contributed by atoms with van der Waals surface area (Å²) < 4.78 is 0. The molecule has 4 aromatic carbocycles. The Bertz CT molecular complexity index is 1350. The minimum atomic E-state index is 0.480. The Hall–Kier alpha value is -3.61. The lowest BCUT2D eigenvalue weighted by Gasteiger charge is -2.11. The molecule has 1 heterocycles. The molecule has 0 spiro atoms. The van der Waals surface area contributed by atoms with E-state index < -0.39 is 0 Å². The van der Waals surface area contributed by atoms with Gasteiger partial charge >= 0.3 is 0 Å². The summed E-state index contributed by atoms with van der Waals surface area (Å²) in [6.45, 7) is 0. The zero-order valence-corrected chi connectivity index (χ0v) is 15.5. The molecule has 5 aromatic rings. The molecule has 28 heavy (non-hydrogen) atoms. The maximum atomic E-state index is 9.86. The lowest BCUT2D eigenvalue weighted by molar-refractivity contribution is 1.27. The first-order chi connectivity index (χ1) is 13.8. The molecule has 4 heteroatoms. The molecule has 0 amide bonds. The number of allylic oxidation sites excluding steroid dienone is 1. The minimum Gasteiger partial charge on any atom is -0.337 e. The fourth-order valence-electron chi connectivity index (χ4n) is 3.64. The van der Waals surface area contributed by atoms with E-state index in [0.717, 1.165) is 43.2 Å².